The summed E-state index contributed by atoms with van der Waals surface area (Å²) >= 11 is 6.01. The highest BCUT2D eigenvalue weighted by molar-refractivity contribution is 6.31. The van der Waals surface area contributed by atoms with Gasteiger partial charge in [0.25, 0.3) is 0 Å². The van der Waals surface area contributed by atoms with Crippen molar-refractivity contribution in [2.45, 2.75) is 25.3 Å². The third-order valence-electron chi connectivity index (χ3n) is 4.50. The Kier molecular flexibility index (Phi) is 3.79. The highest BCUT2D eigenvalue weighted by Gasteiger charge is 2.25. The van der Waals surface area contributed by atoms with Crippen molar-refractivity contribution in [2.24, 2.45) is 7.05 Å². The van der Waals surface area contributed by atoms with Crippen LogP contribution in [0.3, 0.4) is 0 Å². The number of piperidine rings is 1. The summed E-state index contributed by atoms with van der Waals surface area (Å²) in [5, 5.41) is 8.60. The van der Waals surface area contributed by atoms with Crippen LogP contribution in [0.25, 0.3) is 11.1 Å². The van der Waals surface area contributed by atoms with Gasteiger partial charge < -0.3 is 4.42 Å². The lowest BCUT2D eigenvalue weighted by Crippen LogP contribution is -2.33. The number of halogens is 1. The Hall–Kier alpha value is -1.92. The minimum atomic E-state index is 0.377. The molecular weight excluding hydrogens is 314 g/mol. The maximum absolute atomic E-state index is 6.01. The van der Waals surface area contributed by atoms with Gasteiger partial charge in [-0.1, -0.05) is 16.8 Å². The second-order valence-electron chi connectivity index (χ2n) is 6.06. The maximum atomic E-state index is 6.01. The average molecular weight is 332 g/mol. The molecular formula is C16H18ClN5O. The van der Waals surface area contributed by atoms with E-state index in [1.807, 2.05) is 36.1 Å². The van der Waals surface area contributed by atoms with Crippen molar-refractivity contribution in [3.8, 4) is 0 Å². The van der Waals surface area contributed by atoms with Gasteiger partial charge in [0.2, 0.25) is 0 Å². The molecule has 3 heterocycles. The van der Waals surface area contributed by atoms with E-state index in [1.54, 1.807) is 0 Å². The van der Waals surface area contributed by atoms with E-state index < -0.39 is 0 Å². The standard InChI is InChI=1S/C16H18ClN5O/c1-21-13(9-18-20-21)10-22-6-4-11(5-7-22)16-19-14-8-12(17)2-3-15(14)23-16/h2-3,8-9,11H,4-7,10H2,1H3. The van der Waals surface area contributed by atoms with Crippen molar-refractivity contribution in [1.82, 2.24) is 24.9 Å². The number of fused-ring (bicyclic) bond motifs is 1. The monoisotopic (exact) mass is 331 g/mol. The molecule has 2 aromatic heterocycles. The molecule has 1 aliphatic heterocycles. The van der Waals surface area contributed by atoms with E-state index >= 15 is 0 Å². The van der Waals surface area contributed by atoms with Crippen molar-refractivity contribution in [2.75, 3.05) is 13.1 Å². The van der Waals surface area contributed by atoms with E-state index in [0.717, 1.165) is 55.2 Å². The predicted octanol–water partition coefficient (Wildman–Crippen LogP) is 2.99. The lowest BCUT2D eigenvalue weighted by molar-refractivity contribution is 0.190. The first-order valence-corrected chi connectivity index (χ1v) is 8.19. The van der Waals surface area contributed by atoms with Crippen LogP contribution < -0.4 is 0 Å². The summed E-state index contributed by atoms with van der Waals surface area (Å²) < 4.78 is 7.74. The van der Waals surface area contributed by atoms with Crippen LogP contribution in [0.2, 0.25) is 5.02 Å². The van der Waals surface area contributed by atoms with Crippen LogP contribution in [-0.4, -0.2) is 38.0 Å². The van der Waals surface area contributed by atoms with Crippen molar-refractivity contribution in [3.63, 3.8) is 0 Å². The number of aryl methyl sites for hydroxylation is 1. The van der Waals surface area contributed by atoms with Gasteiger partial charge in [0.15, 0.2) is 11.5 Å². The maximum Gasteiger partial charge on any atom is 0.198 e. The van der Waals surface area contributed by atoms with Crippen LogP contribution in [0.4, 0.5) is 0 Å². The van der Waals surface area contributed by atoms with Crippen LogP contribution in [0.15, 0.2) is 28.8 Å². The summed E-state index contributed by atoms with van der Waals surface area (Å²) in [6, 6.07) is 5.58. The van der Waals surface area contributed by atoms with Crippen LogP contribution in [-0.2, 0) is 13.6 Å². The topological polar surface area (TPSA) is 60.0 Å². The Morgan fingerprint density at radius 3 is 2.87 bits per heavy atom. The first-order valence-electron chi connectivity index (χ1n) is 7.81. The molecule has 0 bridgehead atoms. The van der Waals surface area contributed by atoms with Crippen molar-refractivity contribution in [1.29, 1.82) is 0 Å². The number of hydrogen-bond acceptors (Lipinski definition) is 5. The van der Waals surface area contributed by atoms with Gasteiger partial charge in [0.05, 0.1) is 11.9 Å². The van der Waals surface area contributed by atoms with E-state index in [1.165, 1.54) is 0 Å². The first kappa shape index (κ1) is 14.7. The molecule has 1 aromatic carbocycles. The largest absolute Gasteiger partial charge is 0.440 e. The van der Waals surface area contributed by atoms with Gasteiger partial charge in [-0.25, -0.2) is 4.98 Å². The van der Waals surface area contributed by atoms with Gasteiger partial charge in [0.1, 0.15) is 5.52 Å². The quantitative estimate of drug-likeness (QED) is 0.738. The normalized spacial score (nSPS) is 17.1. The van der Waals surface area contributed by atoms with Crippen LogP contribution in [0, 0.1) is 0 Å². The van der Waals surface area contributed by atoms with Gasteiger partial charge in [-0.3, -0.25) is 9.58 Å². The summed E-state index contributed by atoms with van der Waals surface area (Å²) in [7, 11) is 1.93. The minimum absolute atomic E-state index is 0.377. The zero-order chi connectivity index (χ0) is 15.8. The molecule has 23 heavy (non-hydrogen) atoms. The van der Waals surface area contributed by atoms with Gasteiger partial charge >= 0.3 is 0 Å². The molecule has 0 unspecified atom stereocenters. The zero-order valence-corrected chi connectivity index (χ0v) is 13.7. The van der Waals surface area contributed by atoms with E-state index in [0.29, 0.717) is 10.9 Å². The summed E-state index contributed by atoms with van der Waals surface area (Å²) in [6.45, 7) is 2.93. The summed E-state index contributed by atoms with van der Waals surface area (Å²) in [6.07, 6.45) is 3.92. The van der Waals surface area contributed by atoms with Gasteiger partial charge in [-0.15, -0.1) is 5.10 Å². The number of benzene rings is 1. The number of nitrogens with zero attached hydrogens (tertiary/aromatic N) is 5. The van der Waals surface area contributed by atoms with Crippen molar-refractivity contribution >= 4 is 22.7 Å². The number of rotatable bonds is 3. The number of hydrogen-bond donors (Lipinski definition) is 0. The van der Waals surface area contributed by atoms with Crippen molar-refractivity contribution < 1.29 is 4.42 Å². The fraction of sp³-hybridized carbons (Fsp3) is 0.438. The Balaban J connectivity index is 1.43. The molecule has 1 saturated heterocycles. The zero-order valence-electron chi connectivity index (χ0n) is 12.9. The van der Waals surface area contributed by atoms with Crippen LogP contribution >= 0.6 is 11.6 Å². The molecule has 4 rings (SSSR count). The van der Waals surface area contributed by atoms with E-state index in [9.17, 15) is 0 Å². The van der Waals surface area contributed by atoms with E-state index in [4.69, 9.17) is 16.0 Å². The molecule has 0 N–H and O–H groups in total. The molecule has 0 spiro atoms. The van der Waals surface area contributed by atoms with Crippen LogP contribution in [0.5, 0.6) is 0 Å². The highest BCUT2D eigenvalue weighted by atomic mass is 35.5. The predicted molar refractivity (Wildman–Crippen MR) is 87.3 cm³/mol. The van der Waals surface area contributed by atoms with E-state index in [-0.39, 0.29) is 0 Å². The molecule has 120 valence electrons. The summed E-state index contributed by atoms with van der Waals surface area (Å²) in [5.41, 5.74) is 2.80. The Morgan fingerprint density at radius 2 is 2.13 bits per heavy atom. The van der Waals surface area contributed by atoms with Crippen LogP contribution in [0.1, 0.15) is 30.3 Å². The third-order valence-corrected chi connectivity index (χ3v) is 4.73. The number of likely N-dealkylation sites (tertiary alicyclic amines) is 1. The molecule has 1 aliphatic rings. The molecule has 1 fully saturated rings. The first-order chi connectivity index (χ1) is 11.2. The number of aromatic nitrogens is 4. The molecule has 6 nitrogen and oxygen atoms in total. The van der Waals surface area contributed by atoms with Crippen molar-refractivity contribution in [3.05, 3.63) is 41.0 Å². The Labute approximate surface area is 139 Å². The molecule has 0 atom stereocenters. The second-order valence-corrected chi connectivity index (χ2v) is 6.50. The molecule has 0 amide bonds. The Morgan fingerprint density at radius 1 is 1.30 bits per heavy atom. The average Bonchev–Trinajstić information content (AvgIpc) is 3.14. The smallest absolute Gasteiger partial charge is 0.198 e. The third kappa shape index (κ3) is 2.96. The fourth-order valence-corrected chi connectivity index (χ4v) is 3.28. The lowest BCUT2D eigenvalue weighted by Gasteiger charge is -2.30. The lowest BCUT2D eigenvalue weighted by atomic mass is 9.97. The SMILES string of the molecule is Cn1nncc1CN1CCC(c2nc3cc(Cl)ccc3o2)CC1. The van der Waals surface area contributed by atoms with E-state index in [2.05, 4.69) is 20.2 Å². The molecule has 0 radical (unpaired) electrons. The Bertz CT molecular complexity index is 819. The second kappa shape index (κ2) is 5.94. The molecule has 0 aliphatic carbocycles. The van der Waals surface area contributed by atoms with Gasteiger partial charge in [-0.2, -0.15) is 0 Å². The van der Waals surface area contributed by atoms with Gasteiger partial charge in [0, 0.05) is 24.5 Å². The van der Waals surface area contributed by atoms with Gasteiger partial charge in [-0.05, 0) is 44.1 Å². The minimum Gasteiger partial charge on any atom is -0.440 e. The molecule has 0 saturated carbocycles. The fourth-order valence-electron chi connectivity index (χ4n) is 3.11. The summed E-state index contributed by atoms with van der Waals surface area (Å²) in [4.78, 5) is 7.04. The highest BCUT2D eigenvalue weighted by Crippen LogP contribution is 2.31. The summed E-state index contributed by atoms with van der Waals surface area (Å²) in [5.74, 6) is 1.21. The molecule has 7 heteroatoms. The molecule has 3 aromatic rings. The number of oxazole rings is 1.